The molecule has 1 amide bonds. The molecule has 0 spiro atoms. The number of pyridine rings is 1. The third-order valence-corrected chi connectivity index (χ3v) is 3.14. The molecular formula is C12H16N2O. The molecule has 0 saturated carbocycles. The third kappa shape index (κ3) is 1.87. The first-order valence-electron chi connectivity index (χ1n) is 5.37. The number of carbonyl (C=O) groups excluding carboxylic acids is 1. The molecule has 2 rings (SSSR count). The Bertz CT molecular complexity index is 376. The molecule has 1 aliphatic carbocycles. The summed E-state index contributed by atoms with van der Waals surface area (Å²) in [5, 5.41) is 0. The molecule has 0 saturated heterocycles. The van der Waals surface area contributed by atoms with Crippen LogP contribution in [0.1, 0.15) is 37.1 Å². The lowest BCUT2D eigenvalue weighted by atomic mass is 9.90. The van der Waals surface area contributed by atoms with E-state index >= 15 is 0 Å². The number of hydrogen-bond donors (Lipinski definition) is 0. The van der Waals surface area contributed by atoms with E-state index in [1.54, 1.807) is 6.92 Å². The van der Waals surface area contributed by atoms with Crippen LogP contribution in [0.4, 0.5) is 0 Å². The zero-order valence-electron chi connectivity index (χ0n) is 9.23. The van der Waals surface area contributed by atoms with Crippen molar-refractivity contribution < 1.29 is 4.79 Å². The fourth-order valence-electron chi connectivity index (χ4n) is 2.20. The van der Waals surface area contributed by atoms with E-state index in [1.807, 2.05) is 24.2 Å². The number of aromatic nitrogens is 1. The highest BCUT2D eigenvalue weighted by atomic mass is 16.2. The van der Waals surface area contributed by atoms with E-state index in [0.29, 0.717) is 0 Å². The summed E-state index contributed by atoms with van der Waals surface area (Å²) in [6.07, 6.45) is 5.04. The number of carbonyl (C=O) groups is 1. The highest BCUT2D eigenvalue weighted by Gasteiger charge is 2.25. The predicted molar refractivity (Wildman–Crippen MR) is 58.4 cm³/mol. The van der Waals surface area contributed by atoms with E-state index < -0.39 is 0 Å². The van der Waals surface area contributed by atoms with Gasteiger partial charge in [-0.25, -0.2) is 0 Å². The minimum absolute atomic E-state index is 0.122. The van der Waals surface area contributed by atoms with Crippen LogP contribution < -0.4 is 0 Å². The molecule has 0 aliphatic heterocycles. The van der Waals surface area contributed by atoms with E-state index in [1.165, 1.54) is 5.56 Å². The van der Waals surface area contributed by atoms with Crippen LogP contribution in [-0.2, 0) is 11.2 Å². The average molecular weight is 204 g/mol. The van der Waals surface area contributed by atoms with Gasteiger partial charge in [-0.1, -0.05) is 6.07 Å². The molecule has 0 bridgehead atoms. The summed E-state index contributed by atoms with van der Waals surface area (Å²) >= 11 is 0. The van der Waals surface area contributed by atoms with Crippen molar-refractivity contribution in [3.8, 4) is 0 Å². The van der Waals surface area contributed by atoms with Crippen LogP contribution in [-0.4, -0.2) is 22.8 Å². The predicted octanol–water partition coefficient (Wildman–Crippen LogP) is 1.94. The van der Waals surface area contributed by atoms with Crippen molar-refractivity contribution >= 4 is 5.91 Å². The fourth-order valence-corrected chi connectivity index (χ4v) is 2.20. The van der Waals surface area contributed by atoms with Gasteiger partial charge in [0.25, 0.3) is 0 Å². The van der Waals surface area contributed by atoms with Crippen LogP contribution in [0, 0.1) is 0 Å². The number of hydrogen-bond acceptors (Lipinski definition) is 2. The minimum atomic E-state index is 0.122. The first-order chi connectivity index (χ1) is 7.20. The van der Waals surface area contributed by atoms with Crippen LogP contribution in [0.3, 0.4) is 0 Å². The second-order valence-corrected chi connectivity index (χ2v) is 4.08. The van der Waals surface area contributed by atoms with Gasteiger partial charge in [0.15, 0.2) is 0 Å². The molecule has 1 heterocycles. The lowest BCUT2D eigenvalue weighted by Gasteiger charge is -2.31. The van der Waals surface area contributed by atoms with Crippen molar-refractivity contribution in [3.05, 3.63) is 29.6 Å². The summed E-state index contributed by atoms with van der Waals surface area (Å²) in [6, 6.07) is 4.26. The Morgan fingerprint density at radius 1 is 1.60 bits per heavy atom. The van der Waals surface area contributed by atoms with Gasteiger partial charge in [0.05, 0.1) is 6.04 Å². The molecule has 15 heavy (non-hydrogen) atoms. The monoisotopic (exact) mass is 204 g/mol. The van der Waals surface area contributed by atoms with Crippen molar-refractivity contribution in [2.75, 3.05) is 7.05 Å². The molecule has 0 fully saturated rings. The molecule has 0 N–H and O–H groups in total. The van der Waals surface area contributed by atoms with E-state index in [4.69, 9.17) is 0 Å². The topological polar surface area (TPSA) is 33.2 Å². The van der Waals surface area contributed by atoms with Crippen LogP contribution in [0.5, 0.6) is 0 Å². The largest absolute Gasteiger partial charge is 0.339 e. The second kappa shape index (κ2) is 4.01. The molecule has 80 valence electrons. The Kier molecular flexibility index (Phi) is 2.71. The smallest absolute Gasteiger partial charge is 0.219 e. The Morgan fingerprint density at radius 2 is 2.40 bits per heavy atom. The van der Waals surface area contributed by atoms with Gasteiger partial charge in [-0.15, -0.1) is 0 Å². The molecular weight excluding hydrogens is 188 g/mol. The lowest BCUT2D eigenvalue weighted by Crippen LogP contribution is -2.31. The highest BCUT2D eigenvalue weighted by Crippen LogP contribution is 2.32. The van der Waals surface area contributed by atoms with Gasteiger partial charge < -0.3 is 4.90 Å². The Balaban J connectivity index is 2.33. The van der Waals surface area contributed by atoms with E-state index in [-0.39, 0.29) is 11.9 Å². The van der Waals surface area contributed by atoms with Gasteiger partial charge in [-0.2, -0.15) is 0 Å². The first-order valence-corrected chi connectivity index (χ1v) is 5.37. The van der Waals surface area contributed by atoms with E-state index in [2.05, 4.69) is 11.1 Å². The summed E-state index contributed by atoms with van der Waals surface area (Å²) in [7, 11) is 1.87. The normalized spacial score (nSPS) is 19.5. The third-order valence-electron chi connectivity index (χ3n) is 3.14. The molecule has 1 aromatic heterocycles. The van der Waals surface area contributed by atoms with Crippen LogP contribution in [0.15, 0.2) is 18.3 Å². The van der Waals surface area contributed by atoms with Gasteiger partial charge in [-0.3, -0.25) is 9.78 Å². The molecule has 0 radical (unpaired) electrons. The number of rotatable bonds is 1. The van der Waals surface area contributed by atoms with Crippen LogP contribution in [0.2, 0.25) is 0 Å². The standard InChI is InChI=1S/C12H16N2O/c1-9(15)14(2)12-7-3-6-11-10(12)5-4-8-13-11/h4-5,8,12H,3,6-7H2,1-2H3. The van der Waals surface area contributed by atoms with Crippen molar-refractivity contribution in [2.24, 2.45) is 0 Å². The van der Waals surface area contributed by atoms with E-state index in [0.717, 1.165) is 25.0 Å². The van der Waals surface area contributed by atoms with Gasteiger partial charge in [0.1, 0.15) is 0 Å². The summed E-state index contributed by atoms with van der Waals surface area (Å²) < 4.78 is 0. The molecule has 0 aromatic carbocycles. The lowest BCUT2D eigenvalue weighted by molar-refractivity contribution is -0.130. The zero-order chi connectivity index (χ0) is 10.8. The van der Waals surface area contributed by atoms with Gasteiger partial charge in [-0.05, 0) is 30.9 Å². The second-order valence-electron chi connectivity index (χ2n) is 4.08. The first kappa shape index (κ1) is 10.1. The molecule has 1 atom stereocenters. The molecule has 1 unspecified atom stereocenters. The van der Waals surface area contributed by atoms with Crippen molar-refractivity contribution in [1.29, 1.82) is 0 Å². The highest BCUT2D eigenvalue weighted by molar-refractivity contribution is 5.73. The Morgan fingerprint density at radius 3 is 3.13 bits per heavy atom. The number of nitrogens with zero attached hydrogens (tertiary/aromatic N) is 2. The van der Waals surface area contributed by atoms with Gasteiger partial charge in [0.2, 0.25) is 5.91 Å². The summed E-state index contributed by atoms with van der Waals surface area (Å²) in [5.41, 5.74) is 2.38. The quantitative estimate of drug-likeness (QED) is 0.700. The van der Waals surface area contributed by atoms with Crippen LogP contribution in [0.25, 0.3) is 0 Å². The van der Waals surface area contributed by atoms with Crippen molar-refractivity contribution in [3.63, 3.8) is 0 Å². The maximum absolute atomic E-state index is 11.4. The maximum Gasteiger partial charge on any atom is 0.219 e. The maximum atomic E-state index is 11.4. The minimum Gasteiger partial charge on any atom is -0.339 e. The number of aryl methyl sites for hydroxylation is 1. The fraction of sp³-hybridized carbons (Fsp3) is 0.500. The van der Waals surface area contributed by atoms with Gasteiger partial charge >= 0.3 is 0 Å². The van der Waals surface area contributed by atoms with Gasteiger partial charge in [0, 0.05) is 25.9 Å². The van der Waals surface area contributed by atoms with Crippen molar-refractivity contribution in [2.45, 2.75) is 32.2 Å². The van der Waals surface area contributed by atoms with E-state index in [9.17, 15) is 4.79 Å². The van der Waals surface area contributed by atoms with Crippen molar-refractivity contribution in [1.82, 2.24) is 9.88 Å². The van der Waals surface area contributed by atoms with Crippen LogP contribution >= 0.6 is 0 Å². The average Bonchev–Trinajstić information content (AvgIpc) is 2.27. The Hall–Kier alpha value is -1.38. The molecule has 3 heteroatoms. The molecule has 1 aliphatic rings. The summed E-state index contributed by atoms with van der Waals surface area (Å²) in [6.45, 7) is 1.62. The number of fused-ring (bicyclic) bond motifs is 1. The summed E-state index contributed by atoms with van der Waals surface area (Å²) in [4.78, 5) is 17.6. The molecule has 3 nitrogen and oxygen atoms in total. The SMILES string of the molecule is CC(=O)N(C)C1CCCc2ncccc21. The molecule has 1 aromatic rings. The zero-order valence-corrected chi connectivity index (χ0v) is 9.23. The Labute approximate surface area is 90.1 Å². The summed E-state index contributed by atoms with van der Waals surface area (Å²) in [5.74, 6) is 0.122. The number of amides is 1.